The quantitative estimate of drug-likeness (QED) is 0.781. The van der Waals surface area contributed by atoms with Crippen LogP contribution in [0.3, 0.4) is 0 Å². The van der Waals surface area contributed by atoms with Gasteiger partial charge in [-0.3, -0.25) is 4.79 Å². The Morgan fingerprint density at radius 2 is 1.86 bits per heavy atom. The van der Waals surface area contributed by atoms with E-state index in [0.717, 1.165) is 22.0 Å². The molecule has 0 aliphatic carbocycles. The number of hydrogen-bond acceptors (Lipinski definition) is 3. The van der Waals surface area contributed by atoms with Crippen LogP contribution in [0, 0.1) is 6.92 Å². The van der Waals surface area contributed by atoms with Gasteiger partial charge < -0.3 is 14.8 Å². The summed E-state index contributed by atoms with van der Waals surface area (Å²) in [6.07, 6.45) is -0.744. The molecule has 2 N–H and O–H groups in total. The van der Waals surface area contributed by atoms with Crippen LogP contribution in [-0.2, 0) is 0 Å². The summed E-state index contributed by atoms with van der Waals surface area (Å²) in [7, 11) is 1.60. The normalized spacial score (nSPS) is 12.3. The fourth-order valence-corrected chi connectivity index (χ4v) is 2.51. The van der Waals surface area contributed by atoms with Crippen LogP contribution < -0.4 is 10.3 Å². The molecule has 1 heterocycles. The number of aromatic nitrogens is 1. The molecule has 0 radical (unpaired) electrons. The molecule has 0 aliphatic rings. The van der Waals surface area contributed by atoms with Gasteiger partial charge in [0.1, 0.15) is 11.9 Å². The highest BCUT2D eigenvalue weighted by Gasteiger charge is 2.12. The van der Waals surface area contributed by atoms with Crippen LogP contribution in [0.2, 0.25) is 0 Å². The number of rotatable bonds is 3. The number of aromatic amines is 1. The third kappa shape index (κ3) is 2.61. The van der Waals surface area contributed by atoms with Gasteiger partial charge in [-0.05, 0) is 53.8 Å². The summed E-state index contributed by atoms with van der Waals surface area (Å²) >= 11 is 0. The Morgan fingerprint density at radius 1 is 1.09 bits per heavy atom. The molecule has 1 unspecified atom stereocenters. The lowest BCUT2D eigenvalue weighted by Gasteiger charge is -2.13. The lowest BCUT2D eigenvalue weighted by molar-refractivity contribution is 0.220. The Labute approximate surface area is 128 Å². The highest BCUT2D eigenvalue weighted by Crippen LogP contribution is 2.27. The van der Waals surface area contributed by atoms with E-state index in [-0.39, 0.29) is 5.56 Å². The number of aliphatic hydroxyl groups excluding tert-OH is 1. The Balaban J connectivity index is 2.05. The zero-order valence-corrected chi connectivity index (χ0v) is 12.5. The molecule has 0 fully saturated rings. The van der Waals surface area contributed by atoms with Gasteiger partial charge in [0.25, 0.3) is 5.56 Å². The summed E-state index contributed by atoms with van der Waals surface area (Å²) in [5, 5.41) is 11.5. The van der Waals surface area contributed by atoms with E-state index in [1.807, 2.05) is 48.5 Å². The highest BCUT2D eigenvalue weighted by molar-refractivity contribution is 5.79. The Hall–Kier alpha value is -2.59. The van der Waals surface area contributed by atoms with Crippen molar-refractivity contribution < 1.29 is 9.84 Å². The second-order valence-corrected chi connectivity index (χ2v) is 5.31. The van der Waals surface area contributed by atoms with Crippen molar-refractivity contribution in [3.05, 3.63) is 75.6 Å². The largest absolute Gasteiger partial charge is 0.497 e. The van der Waals surface area contributed by atoms with E-state index in [2.05, 4.69) is 4.98 Å². The minimum atomic E-state index is -0.744. The van der Waals surface area contributed by atoms with Gasteiger partial charge in [0, 0.05) is 11.1 Å². The number of H-pyrrole nitrogens is 1. The number of ether oxygens (including phenoxy) is 1. The minimum absolute atomic E-state index is 0.0893. The van der Waals surface area contributed by atoms with E-state index in [1.54, 1.807) is 14.0 Å². The number of benzene rings is 2. The SMILES string of the molecule is COc1cccc(C(O)c2ccc3[nH]c(=O)c(C)cc3c2)c1. The molecule has 4 nitrogen and oxygen atoms in total. The van der Waals surface area contributed by atoms with Gasteiger partial charge in [0.2, 0.25) is 0 Å². The van der Waals surface area contributed by atoms with Crippen LogP contribution in [0.25, 0.3) is 10.9 Å². The van der Waals surface area contributed by atoms with Crippen molar-refractivity contribution in [1.82, 2.24) is 4.98 Å². The molecule has 0 bridgehead atoms. The molecule has 0 amide bonds. The molecule has 22 heavy (non-hydrogen) atoms. The standard InChI is InChI=1S/C18H17NO3/c1-11-8-14-9-13(6-7-16(14)19-18(11)21)17(20)12-4-3-5-15(10-12)22-2/h3-10,17,20H,1-2H3,(H,19,21). The van der Waals surface area contributed by atoms with Gasteiger partial charge >= 0.3 is 0 Å². The average Bonchev–Trinajstić information content (AvgIpc) is 2.55. The molecule has 0 saturated heterocycles. The third-order valence-corrected chi connectivity index (χ3v) is 3.78. The Morgan fingerprint density at radius 3 is 2.64 bits per heavy atom. The summed E-state index contributed by atoms with van der Waals surface area (Å²) in [6, 6.07) is 14.7. The molecule has 112 valence electrons. The molecule has 3 rings (SSSR count). The number of nitrogens with one attached hydrogen (secondary N) is 1. The van der Waals surface area contributed by atoms with Crippen molar-refractivity contribution in [2.75, 3.05) is 7.11 Å². The number of methoxy groups -OCH3 is 1. The molecule has 1 atom stereocenters. The van der Waals surface area contributed by atoms with Crippen LogP contribution in [-0.4, -0.2) is 17.2 Å². The molecular formula is C18H17NO3. The van der Waals surface area contributed by atoms with Gasteiger partial charge in [-0.1, -0.05) is 18.2 Å². The number of aryl methyl sites for hydroxylation is 1. The van der Waals surface area contributed by atoms with E-state index < -0.39 is 6.10 Å². The first-order valence-corrected chi connectivity index (χ1v) is 7.04. The third-order valence-electron chi connectivity index (χ3n) is 3.78. The topological polar surface area (TPSA) is 62.3 Å². The summed E-state index contributed by atoms with van der Waals surface area (Å²) in [4.78, 5) is 14.4. The van der Waals surface area contributed by atoms with Crippen LogP contribution in [0.5, 0.6) is 5.75 Å². The summed E-state index contributed by atoms with van der Waals surface area (Å²) < 4.78 is 5.19. The molecule has 0 saturated carbocycles. The van der Waals surface area contributed by atoms with Crippen molar-refractivity contribution >= 4 is 10.9 Å². The summed E-state index contributed by atoms with van der Waals surface area (Å²) in [5.41, 5.74) is 2.86. The van der Waals surface area contributed by atoms with Crippen LogP contribution in [0.1, 0.15) is 22.8 Å². The Kier molecular flexibility index (Phi) is 3.69. The van der Waals surface area contributed by atoms with Gasteiger partial charge in [-0.15, -0.1) is 0 Å². The zero-order chi connectivity index (χ0) is 15.7. The van der Waals surface area contributed by atoms with Gasteiger partial charge in [-0.25, -0.2) is 0 Å². The smallest absolute Gasteiger partial charge is 0.251 e. The lowest BCUT2D eigenvalue weighted by Crippen LogP contribution is -2.09. The van der Waals surface area contributed by atoms with Gasteiger partial charge in [-0.2, -0.15) is 0 Å². The molecule has 0 spiro atoms. The maximum atomic E-state index is 11.6. The van der Waals surface area contributed by atoms with E-state index in [1.165, 1.54) is 0 Å². The molecular weight excluding hydrogens is 278 g/mol. The van der Waals surface area contributed by atoms with Crippen LogP contribution in [0.4, 0.5) is 0 Å². The van der Waals surface area contributed by atoms with Crippen molar-refractivity contribution in [1.29, 1.82) is 0 Å². The number of hydrogen-bond donors (Lipinski definition) is 2. The minimum Gasteiger partial charge on any atom is -0.497 e. The zero-order valence-electron chi connectivity index (χ0n) is 12.5. The molecule has 4 heteroatoms. The first-order valence-electron chi connectivity index (χ1n) is 7.04. The summed E-state index contributed by atoms with van der Waals surface area (Å²) in [6.45, 7) is 1.77. The number of aliphatic hydroxyl groups is 1. The van der Waals surface area contributed by atoms with Gasteiger partial charge in [0.05, 0.1) is 7.11 Å². The van der Waals surface area contributed by atoms with Gasteiger partial charge in [0.15, 0.2) is 0 Å². The first kappa shape index (κ1) is 14.4. The Bertz CT molecular complexity index is 883. The monoisotopic (exact) mass is 295 g/mol. The van der Waals surface area contributed by atoms with Crippen LogP contribution >= 0.6 is 0 Å². The predicted octanol–water partition coefficient (Wildman–Crippen LogP) is 2.93. The van der Waals surface area contributed by atoms with Crippen molar-refractivity contribution in [2.24, 2.45) is 0 Å². The highest BCUT2D eigenvalue weighted by atomic mass is 16.5. The number of pyridine rings is 1. The van der Waals surface area contributed by atoms with E-state index >= 15 is 0 Å². The molecule has 0 aliphatic heterocycles. The fourth-order valence-electron chi connectivity index (χ4n) is 2.51. The summed E-state index contributed by atoms with van der Waals surface area (Å²) in [5.74, 6) is 0.706. The van der Waals surface area contributed by atoms with E-state index in [4.69, 9.17) is 4.74 Å². The number of fused-ring (bicyclic) bond motifs is 1. The fraction of sp³-hybridized carbons (Fsp3) is 0.167. The van der Waals surface area contributed by atoms with E-state index in [0.29, 0.717) is 11.3 Å². The maximum Gasteiger partial charge on any atom is 0.251 e. The molecule has 3 aromatic rings. The average molecular weight is 295 g/mol. The second-order valence-electron chi connectivity index (χ2n) is 5.31. The molecule has 2 aromatic carbocycles. The second kappa shape index (κ2) is 5.66. The van der Waals surface area contributed by atoms with E-state index in [9.17, 15) is 9.90 Å². The van der Waals surface area contributed by atoms with Crippen LogP contribution in [0.15, 0.2) is 53.3 Å². The predicted molar refractivity (Wildman–Crippen MR) is 86.4 cm³/mol. The van der Waals surface area contributed by atoms with Crippen molar-refractivity contribution in [2.45, 2.75) is 13.0 Å². The lowest BCUT2D eigenvalue weighted by atomic mass is 9.99. The molecule has 1 aromatic heterocycles. The van der Waals surface area contributed by atoms with Crippen molar-refractivity contribution in [3.8, 4) is 5.75 Å². The first-order chi connectivity index (χ1) is 10.6. The maximum absolute atomic E-state index is 11.6. The van der Waals surface area contributed by atoms with Crippen molar-refractivity contribution in [3.63, 3.8) is 0 Å².